The van der Waals surface area contributed by atoms with Crippen LogP contribution in [0.4, 0.5) is 0 Å². The quantitative estimate of drug-likeness (QED) is 0.863. The zero-order chi connectivity index (χ0) is 11.6. The van der Waals surface area contributed by atoms with E-state index in [0.717, 1.165) is 25.1 Å². The van der Waals surface area contributed by atoms with Crippen LogP contribution in [0.15, 0.2) is 10.9 Å². The molecule has 5 heteroatoms. The summed E-state index contributed by atoms with van der Waals surface area (Å²) < 4.78 is 0. The Kier molecular flexibility index (Phi) is 3.25. The lowest BCUT2D eigenvalue weighted by atomic mass is 9.98. The van der Waals surface area contributed by atoms with Crippen LogP contribution < -0.4 is 5.32 Å². The van der Waals surface area contributed by atoms with Gasteiger partial charge in [0.1, 0.15) is 0 Å². The molecule has 0 radical (unpaired) electrons. The maximum absolute atomic E-state index is 12.2. The third kappa shape index (κ3) is 2.25. The van der Waals surface area contributed by atoms with E-state index in [1.54, 1.807) is 21.7 Å². The molecule has 1 amide bonds. The monoisotopic (exact) mass is 239 g/mol. The minimum absolute atomic E-state index is 0.165. The van der Waals surface area contributed by atoms with Gasteiger partial charge in [-0.1, -0.05) is 0 Å². The largest absolute Gasteiger partial charge is 0.338 e. The highest BCUT2D eigenvalue weighted by Gasteiger charge is 2.37. The third-order valence-corrected chi connectivity index (χ3v) is 3.71. The van der Waals surface area contributed by atoms with Crippen LogP contribution in [0.5, 0.6) is 0 Å². The smallest absolute Gasteiger partial charge is 0.242 e. The zero-order valence-electron chi connectivity index (χ0n) is 9.69. The number of aromatic nitrogens is 1. The van der Waals surface area contributed by atoms with E-state index in [9.17, 15) is 4.79 Å². The zero-order valence-corrected chi connectivity index (χ0v) is 10.5. The van der Waals surface area contributed by atoms with Gasteiger partial charge in [0, 0.05) is 12.4 Å². The van der Waals surface area contributed by atoms with Gasteiger partial charge in [-0.2, -0.15) is 0 Å². The van der Waals surface area contributed by atoms with Gasteiger partial charge in [0.25, 0.3) is 0 Å². The van der Waals surface area contributed by atoms with Crippen LogP contribution in [-0.4, -0.2) is 34.9 Å². The first-order valence-corrected chi connectivity index (χ1v) is 6.44. The molecule has 0 aliphatic carbocycles. The second-order valence-electron chi connectivity index (χ2n) is 4.50. The fraction of sp³-hybridized carbons (Fsp3) is 0.636. The number of hydrogen-bond acceptors (Lipinski definition) is 4. The Morgan fingerprint density at radius 2 is 2.56 bits per heavy atom. The van der Waals surface area contributed by atoms with Gasteiger partial charge in [0.2, 0.25) is 5.91 Å². The normalized spacial score (nSPS) is 24.6. The summed E-state index contributed by atoms with van der Waals surface area (Å²) in [6, 6.07) is 0. The van der Waals surface area contributed by atoms with E-state index >= 15 is 0 Å². The topological polar surface area (TPSA) is 45.2 Å². The van der Waals surface area contributed by atoms with Crippen LogP contribution in [0.1, 0.15) is 25.5 Å². The van der Waals surface area contributed by atoms with Gasteiger partial charge in [-0.25, -0.2) is 4.98 Å². The number of nitrogens with zero attached hydrogens (tertiary/aromatic N) is 2. The Balaban J connectivity index is 1.99. The van der Waals surface area contributed by atoms with E-state index in [4.69, 9.17) is 0 Å². The van der Waals surface area contributed by atoms with Crippen LogP contribution >= 0.6 is 11.3 Å². The molecule has 0 bridgehead atoms. The highest BCUT2D eigenvalue weighted by atomic mass is 32.1. The molecule has 88 valence electrons. The summed E-state index contributed by atoms with van der Waals surface area (Å²) in [6.45, 7) is 3.52. The number of carbonyl (C=O) groups excluding carboxylic acids is 1. The maximum atomic E-state index is 12.2. The minimum Gasteiger partial charge on any atom is -0.338 e. The Labute approximate surface area is 99.7 Å². The SMILES string of the molecule is CN(Cc1cscn1)C(=O)C1(C)CCCN1. The molecular weight excluding hydrogens is 222 g/mol. The Morgan fingerprint density at radius 3 is 3.12 bits per heavy atom. The molecule has 1 N–H and O–H groups in total. The van der Waals surface area contributed by atoms with Crippen molar-refractivity contribution in [1.82, 2.24) is 15.2 Å². The minimum atomic E-state index is -0.370. The predicted molar refractivity (Wildman–Crippen MR) is 64.2 cm³/mol. The fourth-order valence-corrected chi connectivity index (χ4v) is 2.68. The van der Waals surface area contributed by atoms with Gasteiger partial charge in [0.15, 0.2) is 0 Å². The van der Waals surface area contributed by atoms with E-state index in [1.165, 1.54) is 0 Å². The van der Waals surface area contributed by atoms with Gasteiger partial charge in [-0.3, -0.25) is 4.79 Å². The number of hydrogen-bond donors (Lipinski definition) is 1. The Hall–Kier alpha value is -0.940. The lowest BCUT2D eigenvalue weighted by molar-refractivity contribution is -0.136. The molecule has 1 aromatic heterocycles. The summed E-state index contributed by atoms with van der Waals surface area (Å²) in [7, 11) is 1.84. The van der Waals surface area contributed by atoms with Crippen LogP contribution in [-0.2, 0) is 11.3 Å². The van der Waals surface area contributed by atoms with Gasteiger partial charge in [-0.05, 0) is 26.3 Å². The predicted octanol–water partition coefficient (Wildman–Crippen LogP) is 1.24. The molecule has 1 aliphatic heterocycles. The molecule has 1 fully saturated rings. The third-order valence-electron chi connectivity index (χ3n) is 3.07. The highest BCUT2D eigenvalue weighted by Crippen LogP contribution is 2.21. The summed E-state index contributed by atoms with van der Waals surface area (Å²) in [4.78, 5) is 18.2. The van der Waals surface area contributed by atoms with E-state index in [1.807, 2.05) is 19.4 Å². The van der Waals surface area contributed by atoms with Crippen molar-refractivity contribution in [1.29, 1.82) is 0 Å². The molecule has 1 atom stereocenters. The van der Waals surface area contributed by atoms with Gasteiger partial charge >= 0.3 is 0 Å². The molecule has 0 spiro atoms. The van der Waals surface area contributed by atoms with Gasteiger partial charge in [-0.15, -0.1) is 11.3 Å². The van der Waals surface area contributed by atoms with E-state index in [2.05, 4.69) is 10.3 Å². The number of amides is 1. The van der Waals surface area contributed by atoms with Crippen LogP contribution in [0, 0.1) is 0 Å². The molecule has 0 saturated carbocycles. The molecule has 16 heavy (non-hydrogen) atoms. The van der Waals surface area contributed by atoms with E-state index in [0.29, 0.717) is 6.54 Å². The first-order valence-electron chi connectivity index (χ1n) is 5.49. The second-order valence-corrected chi connectivity index (χ2v) is 5.22. The average molecular weight is 239 g/mol. The summed E-state index contributed by atoms with van der Waals surface area (Å²) in [5.41, 5.74) is 2.39. The van der Waals surface area contributed by atoms with Crippen LogP contribution in [0.25, 0.3) is 0 Å². The van der Waals surface area contributed by atoms with Crippen molar-refractivity contribution < 1.29 is 4.79 Å². The Bertz CT molecular complexity index is 357. The number of nitrogens with one attached hydrogen (secondary N) is 1. The molecule has 2 heterocycles. The van der Waals surface area contributed by atoms with Gasteiger partial charge in [0.05, 0.1) is 23.3 Å². The fourth-order valence-electron chi connectivity index (χ4n) is 2.13. The second kappa shape index (κ2) is 4.51. The van der Waals surface area contributed by atoms with Crippen molar-refractivity contribution in [2.45, 2.75) is 31.8 Å². The van der Waals surface area contributed by atoms with Crippen molar-refractivity contribution in [3.8, 4) is 0 Å². The first kappa shape index (κ1) is 11.5. The summed E-state index contributed by atoms with van der Waals surface area (Å²) in [5.74, 6) is 0.165. The van der Waals surface area contributed by atoms with Crippen LogP contribution in [0.2, 0.25) is 0 Å². The van der Waals surface area contributed by atoms with E-state index < -0.39 is 0 Å². The average Bonchev–Trinajstić information content (AvgIpc) is 2.89. The molecule has 1 aliphatic rings. The molecule has 4 nitrogen and oxygen atoms in total. The number of thiazole rings is 1. The summed E-state index contributed by atoms with van der Waals surface area (Å²) >= 11 is 1.56. The Morgan fingerprint density at radius 1 is 1.75 bits per heavy atom. The molecule has 0 aromatic carbocycles. The molecule has 1 aromatic rings. The van der Waals surface area contributed by atoms with Crippen molar-refractivity contribution in [2.24, 2.45) is 0 Å². The van der Waals surface area contributed by atoms with Crippen molar-refractivity contribution in [3.63, 3.8) is 0 Å². The lowest BCUT2D eigenvalue weighted by Gasteiger charge is -2.28. The first-order chi connectivity index (χ1) is 7.62. The standard InChI is InChI=1S/C11H17N3OS/c1-11(4-3-5-13-11)10(15)14(2)6-9-7-16-8-12-9/h7-8,13H,3-6H2,1-2H3. The molecule has 2 rings (SSSR count). The maximum Gasteiger partial charge on any atom is 0.242 e. The summed E-state index contributed by atoms with van der Waals surface area (Å²) in [5, 5.41) is 5.26. The molecule has 1 saturated heterocycles. The van der Waals surface area contributed by atoms with Crippen molar-refractivity contribution in [3.05, 3.63) is 16.6 Å². The van der Waals surface area contributed by atoms with Crippen molar-refractivity contribution in [2.75, 3.05) is 13.6 Å². The van der Waals surface area contributed by atoms with Gasteiger partial charge < -0.3 is 10.2 Å². The molecule has 1 unspecified atom stereocenters. The number of rotatable bonds is 3. The number of carbonyl (C=O) groups is 1. The van der Waals surface area contributed by atoms with Crippen molar-refractivity contribution >= 4 is 17.2 Å². The summed E-state index contributed by atoms with van der Waals surface area (Å²) in [6.07, 6.45) is 2.00. The molecular formula is C11H17N3OS. The highest BCUT2D eigenvalue weighted by molar-refractivity contribution is 7.07. The lowest BCUT2D eigenvalue weighted by Crippen LogP contribution is -2.51. The van der Waals surface area contributed by atoms with Crippen LogP contribution in [0.3, 0.4) is 0 Å². The van der Waals surface area contributed by atoms with E-state index in [-0.39, 0.29) is 11.4 Å². The number of likely N-dealkylation sites (N-methyl/N-ethyl adjacent to an activating group) is 1.